The van der Waals surface area contributed by atoms with Gasteiger partial charge in [-0.1, -0.05) is 48.0 Å². The van der Waals surface area contributed by atoms with E-state index in [0.717, 1.165) is 25.6 Å². The molecule has 0 amide bonds. The van der Waals surface area contributed by atoms with Crippen molar-refractivity contribution in [2.45, 2.75) is 33.5 Å². The Balaban J connectivity index is 0.00000338. The minimum absolute atomic E-state index is 0. The number of benzene rings is 2. The van der Waals surface area contributed by atoms with Crippen LogP contribution in [0.5, 0.6) is 0 Å². The van der Waals surface area contributed by atoms with Crippen LogP contribution in [0.3, 0.4) is 0 Å². The van der Waals surface area contributed by atoms with Crippen molar-refractivity contribution in [3.8, 4) is 0 Å². The van der Waals surface area contributed by atoms with Gasteiger partial charge in [0, 0.05) is 26.7 Å². The second kappa shape index (κ2) is 11.2. The number of hydrogen-bond acceptors (Lipinski definition) is 2. The number of halogens is 1. The van der Waals surface area contributed by atoms with Crippen LogP contribution in [0.4, 0.5) is 0 Å². The predicted molar refractivity (Wildman–Crippen MR) is 122 cm³/mol. The average Bonchev–Trinajstić information content (AvgIpc) is 2.57. The molecule has 2 N–H and O–H groups in total. The topological polar surface area (TPSA) is 39.7 Å². The van der Waals surface area contributed by atoms with Gasteiger partial charge in [-0.2, -0.15) is 0 Å². The van der Waals surface area contributed by atoms with Crippen molar-refractivity contribution >= 4 is 29.9 Å². The van der Waals surface area contributed by atoms with Gasteiger partial charge in [-0.15, -0.1) is 24.0 Å². The fourth-order valence-electron chi connectivity index (χ4n) is 2.85. The summed E-state index contributed by atoms with van der Waals surface area (Å²) in [5.41, 5.74) is 6.53. The molecule has 0 aliphatic rings. The van der Waals surface area contributed by atoms with E-state index in [4.69, 9.17) is 0 Å². The molecule has 0 unspecified atom stereocenters. The Morgan fingerprint density at radius 3 is 2.12 bits per heavy atom. The van der Waals surface area contributed by atoms with E-state index >= 15 is 0 Å². The van der Waals surface area contributed by atoms with Gasteiger partial charge in [-0.05, 0) is 50.2 Å². The van der Waals surface area contributed by atoms with Crippen molar-refractivity contribution in [3.05, 3.63) is 70.3 Å². The van der Waals surface area contributed by atoms with Gasteiger partial charge in [-0.3, -0.25) is 4.99 Å². The molecule has 2 rings (SSSR count). The summed E-state index contributed by atoms with van der Waals surface area (Å²) < 4.78 is 0. The van der Waals surface area contributed by atoms with Crippen LogP contribution in [0.25, 0.3) is 0 Å². The molecular formula is C21H31IN4. The van der Waals surface area contributed by atoms with Crippen molar-refractivity contribution in [3.63, 3.8) is 0 Å². The monoisotopic (exact) mass is 466 g/mol. The van der Waals surface area contributed by atoms with Gasteiger partial charge in [-0.25, -0.2) is 0 Å². The summed E-state index contributed by atoms with van der Waals surface area (Å²) in [5, 5.41) is 6.83. The first-order valence-corrected chi connectivity index (χ1v) is 8.71. The number of guanidine groups is 1. The molecule has 4 nitrogen and oxygen atoms in total. The normalized spacial score (nSPS) is 11.2. The van der Waals surface area contributed by atoms with E-state index < -0.39 is 0 Å². The lowest BCUT2D eigenvalue weighted by Crippen LogP contribution is -2.36. The summed E-state index contributed by atoms with van der Waals surface area (Å²) in [6.07, 6.45) is 0. The van der Waals surface area contributed by atoms with E-state index in [2.05, 4.69) is 90.9 Å². The Bertz CT molecular complexity index is 726. The number of nitrogens with zero attached hydrogens (tertiary/aromatic N) is 2. The number of aliphatic imine (C=N–C) groups is 1. The Hall–Kier alpha value is -1.60. The van der Waals surface area contributed by atoms with Crippen LogP contribution in [-0.4, -0.2) is 32.0 Å². The molecule has 0 atom stereocenters. The van der Waals surface area contributed by atoms with Gasteiger partial charge < -0.3 is 15.5 Å². The fraction of sp³-hybridized carbons (Fsp3) is 0.381. The highest BCUT2D eigenvalue weighted by atomic mass is 127. The van der Waals surface area contributed by atoms with Crippen LogP contribution < -0.4 is 10.6 Å². The second-order valence-electron chi connectivity index (χ2n) is 6.72. The van der Waals surface area contributed by atoms with Crippen LogP contribution in [0.2, 0.25) is 0 Å². The van der Waals surface area contributed by atoms with E-state index in [9.17, 15) is 0 Å². The smallest absolute Gasteiger partial charge is 0.191 e. The number of hydrogen-bond donors (Lipinski definition) is 2. The van der Waals surface area contributed by atoms with Gasteiger partial charge in [0.2, 0.25) is 0 Å². The molecule has 0 bridgehead atoms. The van der Waals surface area contributed by atoms with Crippen molar-refractivity contribution in [2.24, 2.45) is 4.99 Å². The van der Waals surface area contributed by atoms with Crippen molar-refractivity contribution in [2.75, 3.05) is 21.1 Å². The lowest BCUT2D eigenvalue weighted by molar-refractivity contribution is 0.400. The molecule has 0 spiro atoms. The molecule has 0 aromatic heterocycles. The Morgan fingerprint density at radius 1 is 0.923 bits per heavy atom. The molecule has 0 saturated heterocycles. The second-order valence-corrected chi connectivity index (χ2v) is 6.72. The quantitative estimate of drug-likeness (QED) is 0.386. The first kappa shape index (κ1) is 22.4. The van der Waals surface area contributed by atoms with E-state index in [0.29, 0.717) is 0 Å². The molecule has 0 aliphatic heterocycles. The molecule has 0 radical (unpaired) electrons. The molecule has 0 fully saturated rings. The SMILES string of the molecule is CN=C(NCc1ccc(C)cc1C)NCc1ccccc1CN(C)C.I. The lowest BCUT2D eigenvalue weighted by Gasteiger charge is -2.17. The number of aryl methyl sites for hydroxylation is 2. The minimum atomic E-state index is 0. The summed E-state index contributed by atoms with van der Waals surface area (Å²) >= 11 is 0. The van der Waals surface area contributed by atoms with Gasteiger partial charge in [0.15, 0.2) is 5.96 Å². The van der Waals surface area contributed by atoms with Crippen molar-refractivity contribution < 1.29 is 0 Å². The highest BCUT2D eigenvalue weighted by Crippen LogP contribution is 2.11. The molecule has 0 aliphatic carbocycles. The van der Waals surface area contributed by atoms with E-state index in [1.54, 1.807) is 0 Å². The third-order valence-electron chi connectivity index (χ3n) is 4.22. The molecule has 26 heavy (non-hydrogen) atoms. The van der Waals surface area contributed by atoms with Crippen LogP contribution in [0, 0.1) is 13.8 Å². The first-order chi connectivity index (χ1) is 12.0. The number of rotatable bonds is 6. The molecule has 5 heteroatoms. The molecule has 2 aromatic rings. The largest absolute Gasteiger partial charge is 0.352 e. The Kier molecular flexibility index (Phi) is 9.65. The van der Waals surface area contributed by atoms with Crippen molar-refractivity contribution in [1.29, 1.82) is 0 Å². The molecule has 2 aromatic carbocycles. The molecule has 142 valence electrons. The fourth-order valence-corrected chi connectivity index (χ4v) is 2.85. The highest BCUT2D eigenvalue weighted by Gasteiger charge is 2.05. The zero-order valence-electron chi connectivity index (χ0n) is 16.5. The van der Waals surface area contributed by atoms with Crippen LogP contribution in [-0.2, 0) is 19.6 Å². The van der Waals surface area contributed by atoms with Crippen LogP contribution in [0.1, 0.15) is 27.8 Å². The molecule has 0 heterocycles. The first-order valence-electron chi connectivity index (χ1n) is 8.71. The standard InChI is InChI=1S/C21H30N4.HI/c1-16-10-11-18(17(2)12-16)13-23-21(22-3)24-14-19-8-6-7-9-20(19)15-25(4)5;/h6-12H,13-15H2,1-5H3,(H2,22,23,24);1H. The number of nitrogens with one attached hydrogen (secondary N) is 2. The lowest BCUT2D eigenvalue weighted by atomic mass is 10.1. The maximum absolute atomic E-state index is 4.34. The van der Waals surface area contributed by atoms with E-state index in [1.807, 2.05) is 7.05 Å². The van der Waals surface area contributed by atoms with Gasteiger partial charge >= 0.3 is 0 Å². The zero-order valence-corrected chi connectivity index (χ0v) is 18.8. The summed E-state index contributed by atoms with van der Waals surface area (Å²) in [5.74, 6) is 0.819. The molecule has 0 saturated carbocycles. The van der Waals surface area contributed by atoms with Gasteiger partial charge in [0.1, 0.15) is 0 Å². The van der Waals surface area contributed by atoms with Gasteiger partial charge in [0.05, 0.1) is 0 Å². The minimum Gasteiger partial charge on any atom is -0.352 e. The highest BCUT2D eigenvalue weighted by molar-refractivity contribution is 14.0. The predicted octanol–water partition coefficient (Wildman–Crippen LogP) is 3.85. The third kappa shape index (κ3) is 6.96. The maximum Gasteiger partial charge on any atom is 0.191 e. The Labute approximate surface area is 175 Å². The van der Waals surface area contributed by atoms with Crippen molar-refractivity contribution in [1.82, 2.24) is 15.5 Å². The average molecular weight is 466 g/mol. The third-order valence-corrected chi connectivity index (χ3v) is 4.22. The van der Waals surface area contributed by atoms with E-state index in [-0.39, 0.29) is 24.0 Å². The van der Waals surface area contributed by atoms with Crippen LogP contribution in [0.15, 0.2) is 47.5 Å². The Morgan fingerprint density at radius 2 is 1.54 bits per heavy atom. The van der Waals surface area contributed by atoms with Crippen LogP contribution >= 0.6 is 24.0 Å². The summed E-state index contributed by atoms with van der Waals surface area (Å²) in [6.45, 7) is 6.74. The zero-order chi connectivity index (χ0) is 18.2. The molecular weight excluding hydrogens is 435 g/mol. The summed E-state index contributed by atoms with van der Waals surface area (Å²) in [4.78, 5) is 6.53. The maximum atomic E-state index is 4.34. The van der Waals surface area contributed by atoms with E-state index in [1.165, 1.54) is 27.8 Å². The van der Waals surface area contributed by atoms with Gasteiger partial charge in [0.25, 0.3) is 0 Å². The summed E-state index contributed by atoms with van der Waals surface area (Å²) in [7, 11) is 5.99. The summed E-state index contributed by atoms with van der Waals surface area (Å²) in [6, 6.07) is 15.1.